The molecule has 1 heterocycles. The van der Waals surface area contributed by atoms with Crippen molar-refractivity contribution in [2.45, 2.75) is 89.3 Å². The minimum atomic E-state index is -1.16. The zero-order valence-corrected chi connectivity index (χ0v) is 25.3. The number of hydrogen-bond donors (Lipinski definition) is 3. The number of halogens is 2. The van der Waals surface area contributed by atoms with Gasteiger partial charge in [-0.1, -0.05) is 44.5 Å². The molecule has 0 saturated carbocycles. The van der Waals surface area contributed by atoms with Crippen LogP contribution in [0.1, 0.15) is 62.6 Å². The minimum Gasteiger partial charge on any atom is -0.458 e. The Morgan fingerprint density at radius 1 is 1.05 bits per heavy atom. The normalized spacial score (nSPS) is 16.6. The number of amides is 1. The maximum atomic E-state index is 13.9. The highest BCUT2D eigenvalue weighted by Crippen LogP contribution is 2.31. The van der Waals surface area contributed by atoms with E-state index in [1.54, 1.807) is 0 Å². The zero-order chi connectivity index (χ0) is 31.2. The lowest BCUT2D eigenvalue weighted by molar-refractivity contribution is -0.276. The molecule has 1 unspecified atom stereocenters. The van der Waals surface area contributed by atoms with E-state index in [-0.39, 0.29) is 19.4 Å². The van der Waals surface area contributed by atoms with Gasteiger partial charge in [0.05, 0.1) is 20.3 Å². The molecule has 1 saturated heterocycles. The highest BCUT2D eigenvalue weighted by atomic mass is 19.1. The Labute approximate surface area is 252 Å². The van der Waals surface area contributed by atoms with Gasteiger partial charge in [-0.2, -0.15) is 0 Å². The summed E-state index contributed by atoms with van der Waals surface area (Å²) in [7, 11) is 1.20. The van der Waals surface area contributed by atoms with Gasteiger partial charge in [0.25, 0.3) is 0 Å². The van der Waals surface area contributed by atoms with Gasteiger partial charge in [0.15, 0.2) is 5.79 Å². The van der Waals surface area contributed by atoms with E-state index in [1.165, 1.54) is 24.8 Å². The summed E-state index contributed by atoms with van der Waals surface area (Å²) < 4.78 is 50.5. The molecule has 1 fully saturated rings. The van der Waals surface area contributed by atoms with Gasteiger partial charge in [-0.05, 0) is 54.5 Å². The number of unbranched alkanes of at least 4 members (excludes halogenated alkanes) is 1. The number of esters is 1. The number of alkyl carbamates (subject to hydrolysis) is 1. The highest BCUT2D eigenvalue weighted by molar-refractivity contribution is 5.81. The Morgan fingerprint density at radius 3 is 2.40 bits per heavy atom. The first-order valence-corrected chi connectivity index (χ1v) is 15.0. The Balaban J connectivity index is 1.80. The number of carbonyl (C=O) groups is 2. The topological polar surface area (TPSA) is 121 Å². The summed E-state index contributed by atoms with van der Waals surface area (Å²) in [6.07, 6.45) is 2.16. The Kier molecular flexibility index (Phi) is 13.8. The van der Waals surface area contributed by atoms with Gasteiger partial charge in [0.2, 0.25) is 0 Å². The number of nitrogens with one attached hydrogen (secondary N) is 2. The Hall–Kier alpha value is -3.12. The molecule has 0 aliphatic carbocycles. The molecule has 9 nitrogen and oxygen atoms in total. The van der Waals surface area contributed by atoms with Crippen molar-refractivity contribution in [1.29, 1.82) is 0 Å². The Morgan fingerprint density at radius 2 is 1.74 bits per heavy atom. The van der Waals surface area contributed by atoms with Gasteiger partial charge in [-0.3, -0.25) is 0 Å². The fourth-order valence-corrected chi connectivity index (χ4v) is 5.10. The van der Waals surface area contributed by atoms with E-state index in [0.29, 0.717) is 31.7 Å². The molecule has 0 bridgehead atoms. The lowest BCUT2D eigenvalue weighted by Crippen LogP contribution is -2.53. The standard InChI is InChI=1S/C32H45F2N3O6/c1-4-6-11-32(41-12-8-13-42-32)19-28(37-31(39)40-3)30(38)43-29(21-36-20-23-10-7-9-22(5-2)14-23)27(35)17-24-15-25(33)18-26(34)16-24/h7,9-10,14-16,18,27-29,36H,4-6,8,11-13,17,19-21,35H2,1-3H3,(H,37,39)/t27?,28-,29+/m0/s1. The molecule has 0 aromatic heterocycles. The largest absolute Gasteiger partial charge is 0.458 e. The summed E-state index contributed by atoms with van der Waals surface area (Å²) in [5, 5.41) is 5.85. The third kappa shape index (κ3) is 11.1. The summed E-state index contributed by atoms with van der Waals surface area (Å²) in [6.45, 7) is 5.67. The first-order valence-electron chi connectivity index (χ1n) is 15.0. The first kappa shape index (κ1) is 34.4. The SMILES string of the molecule is CCCCC1(C[C@H](NC(=O)OC)C(=O)O[C@H](CNCc2cccc(CC)c2)C(N)Cc2cc(F)cc(F)c2)OCCCO1. The van der Waals surface area contributed by atoms with Crippen LogP contribution in [-0.2, 0) is 43.1 Å². The molecule has 4 N–H and O–H groups in total. The van der Waals surface area contributed by atoms with Crippen LogP contribution in [0.4, 0.5) is 13.6 Å². The van der Waals surface area contributed by atoms with Crippen LogP contribution in [-0.4, -0.2) is 62.9 Å². The van der Waals surface area contributed by atoms with Crippen molar-refractivity contribution < 1.29 is 37.3 Å². The number of methoxy groups -OCH3 is 1. The average Bonchev–Trinajstić information content (AvgIpc) is 2.99. The average molecular weight is 606 g/mol. The third-order valence-corrected chi connectivity index (χ3v) is 7.42. The second-order valence-electron chi connectivity index (χ2n) is 10.9. The summed E-state index contributed by atoms with van der Waals surface area (Å²) in [4.78, 5) is 25.9. The number of aryl methyl sites for hydroxylation is 1. The van der Waals surface area contributed by atoms with Crippen molar-refractivity contribution in [2.24, 2.45) is 5.73 Å². The van der Waals surface area contributed by atoms with Crippen molar-refractivity contribution in [2.75, 3.05) is 26.9 Å². The maximum Gasteiger partial charge on any atom is 0.407 e. The van der Waals surface area contributed by atoms with Crippen molar-refractivity contribution in [1.82, 2.24) is 10.6 Å². The summed E-state index contributed by atoms with van der Waals surface area (Å²) in [6, 6.07) is 9.28. The monoisotopic (exact) mass is 605 g/mol. The van der Waals surface area contributed by atoms with Gasteiger partial charge >= 0.3 is 12.1 Å². The van der Waals surface area contributed by atoms with Gasteiger partial charge < -0.3 is 35.3 Å². The van der Waals surface area contributed by atoms with E-state index in [4.69, 9.17) is 24.7 Å². The van der Waals surface area contributed by atoms with Crippen LogP contribution in [0, 0.1) is 11.6 Å². The summed E-state index contributed by atoms with van der Waals surface area (Å²) in [5.41, 5.74) is 9.06. The quantitative estimate of drug-likeness (QED) is 0.239. The second kappa shape index (κ2) is 17.2. The van der Waals surface area contributed by atoms with Crippen LogP contribution in [0.5, 0.6) is 0 Å². The van der Waals surface area contributed by atoms with Crippen molar-refractivity contribution in [3.05, 3.63) is 70.8 Å². The van der Waals surface area contributed by atoms with E-state index in [2.05, 4.69) is 23.6 Å². The molecule has 43 heavy (non-hydrogen) atoms. The summed E-state index contributed by atoms with van der Waals surface area (Å²) in [5.74, 6) is -3.27. The van der Waals surface area contributed by atoms with Crippen LogP contribution in [0.2, 0.25) is 0 Å². The van der Waals surface area contributed by atoms with Crippen LogP contribution >= 0.6 is 0 Å². The summed E-state index contributed by atoms with van der Waals surface area (Å²) >= 11 is 0. The lowest BCUT2D eigenvalue weighted by atomic mass is 9.98. The van der Waals surface area contributed by atoms with E-state index in [9.17, 15) is 18.4 Å². The first-order chi connectivity index (χ1) is 20.7. The van der Waals surface area contributed by atoms with Crippen LogP contribution < -0.4 is 16.4 Å². The molecule has 1 aliphatic rings. The molecule has 3 rings (SSSR count). The molecular formula is C32H45F2N3O6. The van der Waals surface area contributed by atoms with E-state index in [0.717, 1.165) is 37.3 Å². The number of ether oxygens (including phenoxy) is 4. The third-order valence-electron chi connectivity index (χ3n) is 7.42. The molecule has 238 valence electrons. The number of carbonyl (C=O) groups excluding carboxylic acids is 2. The molecule has 0 radical (unpaired) electrons. The minimum absolute atomic E-state index is 0.00916. The van der Waals surface area contributed by atoms with Crippen molar-refractivity contribution >= 4 is 12.1 Å². The fraction of sp³-hybridized carbons (Fsp3) is 0.562. The molecular weight excluding hydrogens is 560 g/mol. The molecule has 2 aromatic rings. The predicted molar refractivity (Wildman–Crippen MR) is 158 cm³/mol. The van der Waals surface area contributed by atoms with Crippen LogP contribution in [0.3, 0.4) is 0 Å². The van der Waals surface area contributed by atoms with E-state index in [1.807, 2.05) is 25.1 Å². The van der Waals surface area contributed by atoms with Crippen molar-refractivity contribution in [3.63, 3.8) is 0 Å². The predicted octanol–water partition coefficient (Wildman–Crippen LogP) is 4.54. The second-order valence-corrected chi connectivity index (χ2v) is 10.9. The highest BCUT2D eigenvalue weighted by Gasteiger charge is 2.41. The van der Waals surface area contributed by atoms with E-state index >= 15 is 0 Å². The van der Waals surface area contributed by atoms with Crippen molar-refractivity contribution in [3.8, 4) is 0 Å². The van der Waals surface area contributed by atoms with Crippen LogP contribution in [0.15, 0.2) is 42.5 Å². The van der Waals surface area contributed by atoms with E-state index < -0.39 is 47.7 Å². The number of benzene rings is 2. The lowest BCUT2D eigenvalue weighted by Gasteiger charge is -2.39. The zero-order valence-electron chi connectivity index (χ0n) is 25.3. The molecule has 11 heteroatoms. The number of nitrogens with two attached hydrogens (primary N) is 1. The maximum absolute atomic E-state index is 13.9. The fourth-order valence-electron chi connectivity index (χ4n) is 5.10. The Bertz CT molecular complexity index is 1160. The van der Waals surface area contributed by atoms with Gasteiger partial charge in [-0.25, -0.2) is 18.4 Å². The molecule has 2 aromatic carbocycles. The molecule has 1 aliphatic heterocycles. The molecule has 0 spiro atoms. The van der Waals surface area contributed by atoms with Gasteiger partial charge in [0, 0.05) is 38.0 Å². The number of rotatable bonds is 16. The number of hydrogen-bond acceptors (Lipinski definition) is 8. The molecule has 3 atom stereocenters. The van der Waals surface area contributed by atoms with Gasteiger partial charge in [-0.15, -0.1) is 0 Å². The molecule has 1 amide bonds. The van der Waals surface area contributed by atoms with Gasteiger partial charge in [0.1, 0.15) is 23.8 Å². The smallest absolute Gasteiger partial charge is 0.407 e. The van der Waals surface area contributed by atoms with Crippen LogP contribution in [0.25, 0.3) is 0 Å².